The Morgan fingerprint density at radius 2 is 1.74 bits per heavy atom. The van der Waals surface area contributed by atoms with Gasteiger partial charge in [0.2, 0.25) is 0 Å². The van der Waals surface area contributed by atoms with Gasteiger partial charge in [0, 0.05) is 75.9 Å². The van der Waals surface area contributed by atoms with E-state index in [9.17, 15) is 0 Å². The zero-order chi connectivity index (χ0) is 26.4. The minimum atomic E-state index is 0.144. The predicted octanol–water partition coefficient (Wildman–Crippen LogP) is 4.72. The van der Waals surface area contributed by atoms with Gasteiger partial charge in [-0.3, -0.25) is 0 Å². The quantitative estimate of drug-likeness (QED) is 0.467. The van der Waals surface area contributed by atoms with Crippen LogP contribution in [0, 0.1) is 6.92 Å². The lowest BCUT2D eigenvalue weighted by molar-refractivity contribution is 0.224. The molecule has 3 aliphatic heterocycles. The lowest BCUT2D eigenvalue weighted by Gasteiger charge is -2.38. The molecule has 2 bridgehead atoms. The maximum absolute atomic E-state index is 6.37. The van der Waals surface area contributed by atoms with E-state index < -0.39 is 0 Å². The van der Waals surface area contributed by atoms with Crippen LogP contribution in [0.5, 0.6) is 5.75 Å². The van der Waals surface area contributed by atoms with E-state index in [1.807, 2.05) is 4.52 Å². The molecule has 1 unspecified atom stereocenters. The number of nitrogens with zero attached hydrogens (tertiary/aromatic N) is 7. The minimum Gasteiger partial charge on any atom is -0.487 e. The number of aryl methyl sites for hydroxylation is 1. The van der Waals surface area contributed by atoms with E-state index in [1.165, 1.54) is 18.4 Å². The number of aromatic nitrogens is 3. The van der Waals surface area contributed by atoms with Crippen LogP contribution in [0.2, 0.25) is 0 Å². The minimum absolute atomic E-state index is 0.144. The van der Waals surface area contributed by atoms with Gasteiger partial charge in [0.05, 0.1) is 11.7 Å². The summed E-state index contributed by atoms with van der Waals surface area (Å²) in [6, 6.07) is 10.9. The van der Waals surface area contributed by atoms with Crippen LogP contribution in [0.4, 0.5) is 11.6 Å². The van der Waals surface area contributed by atoms with Gasteiger partial charge in [0.1, 0.15) is 24.0 Å². The molecule has 2 saturated heterocycles. The van der Waals surface area contributed by atoms with E-state index in [-0.39, 0.29) is 6.04 Å². The normalized spacial score (nSPS) is 20.9. The highest BCUT2D eigenvalue weighted by Gasteiger charge is 2.30. The van der Waals surface area contributed by atoms with Crippen LogP contribution in [0.1, 0.15) is 48.5 Å². The Hall–Kier alpha value is -3.68. The Balaban J connectivity index is 1.48. The van der Waals surface area contributed by atoms with E-state index in [4.69, 9.17) is 14.8 Å². The Morgan fingerprint density at radius 3 is 2.53 bits per heavy atom. The summed E-state index contributed by atoms with van der Waals surface area (Å²) in [7, 11) is 4.22. The number of hydrogen-bond donors (Lipinski definition) is 0. The average Bonchev–Trinajstić information content (AvgIpc) is 3.32. The van der Waals surface area contributed by atoms with Crippen LogP contribution < -0.4 is 14.5 Å². The first-order valence-electron chi connectivity index (χ1n) is 13.8. The number of likely N-dealkylation sites (N-methyl/N-ethyl adjacent to an activating group) is 2. The highest BCUT2D eigenvalue weighted by atomic mass is 16.5. The van der Waals surface area contributed by atoms with E-state index >= 15 is 0 Å². The Labute approximate surface area is 225 Å². The van der Waals surface area contributed by atoms with Gasteiger partial charge in [-0.05, 0) is 44.7 Å². The first kappa shape index (κ1) is 24.6. The lowest BCUT2D eigenvalue weighted by Crippen LogP contribution is -2.38. The van der Waals surface area contributed by atoms with E-state index in [2.05, 4.69) is 84.1 Å². The molecule has 1 atom stereocenters. The maximum atomic E-state index is 6.37. The van der Waals surface area contributed by atoms with Crippen LogP contribution in [0.15, 0.2) is 49.2 Å². The molecule has 3 aliphatic rings. The molecule has 0 radical (unpaired) electrons. The van der Waals surface area contributed by atoms with Crippen molar-refractivity contribution in [2.24, 2.45) is 0 Å². The SMILES string of the molecule is C=C1COc2ccc(C)cc2C(=C)N2CCCCC2c2cc3nc(N4CCC4)cc(n3n2)N(C)CCN1C. The summed E-state index contributed by atoms with van der Waals surface area (Å²) in [5, 5.41) is 5.19. The Kier molecular flexibility index (Phi) is 6.41. The van der Waals surface area contributed by atoms with Gasteiger partial charge in [-0.25, -0.2) is 4.98 Å². The third kappa shape index (κ3) is 4.46. The van der Waals surface area contributed by atoms with Crippen molar-refractivity contribution in [3.8, 4) is 5.75 Å². The van der Waals surface area contributed by atoms with Crippen molar-refractivity contribution >= 4 is 23.0 Å². The fourth-order valence-corrected chi connectivity index (χ4v) is 5.66. The van der Waals surface area contributed by atoms with Gasteiger partial charge in [0.25, 0.3) is 0 Å². The van der Waals surface area contributed by atoms with E-state index in [0.29, 0.717) is 6.61 Å². The molecule has 0 aliphatic carbocycles. The molecule has 6 rings (SSSR count). The van der Waals surface area contributed by atoms with Gasteiger partial charge in [-0.15, -0.1) is 0 Å². The molecular weight excluding hydrogens is 474 g/mol. The van der Waals surface area contributed by atoms with Gasteiger partial charge in [0.15, 0.2) is 5.65 Å². The molecule has 3 aromatic rings. The predicted molar refractivity (Wildman–Crippen MR) is 154 cm³/mol. The molecule has 5 heterocycles. The zero-order valence-corrected chi connectivity index (χ0v) is 23.0. The number of ether oxygens (including phenoxy) is 1. The first-order chi connectivity index (χ1) is 18.4. The molecular formula is C30H39N7O. The molecule has 0 amide bonds. The van der Waals surface area contributed by atoms with E-state index in [1.54, 1.807) is 0 Å². The molecule has 0 saturated carbocycles. The van der Waals surface area contributed by atoms with Crippen molar-refractivity contribution in [1.82, 2.24) is 24.4 Å². The number of rotatable bonds is 1. The fourth-order valence-electron chi connectivity index (χ4n) is 5.66. The van der Waals surface area contributed by atoms with Crippen LogP contribution in [0.25, 0.3) is 11.3 Å². The maximum Gasteiger partial charge on any atom is 0.160 e. The lowest BCUT2D eigenvalue weighted by atomic mass is 9.96. The molecule has 1 aromatic carbocycles. The molecule has 0 spiro atoms. The molecule has 2 fully saturated rings. The van der Waals surface area contributed by atoms with Crippen molar-refractivity contribution in [3.63, 3.8) is 0 Å². The molecule has 8 heteroatoms. The van der Waals surface area contributed by atoms with Crippen molar-refractivity contribution in [2.75, 3.05) is 63.2 Å². The number of anilines is 2. The Bertz CT molecular complexity index is 1370. The summed E-state index contributed by atoms with van der Waals surface area (Å²) in [4.78, 5) is 14.3. The Morgan fingerprint density at radius 1 is 0.921 bits per heavy atom. The van der Waals surface area contributed by atoms with Gasteiger partial charge >= 0.3 is 0 Å². The number of benzene rings is 1. The summed E-state index contributed by atoms with van der Waals surface area (Å²) in [6.45, 7) is 16.2. The van der Waals surface area contributed by atoms with Crippen LogP contribution in [-0.4, -0.2) is 77.8 Å². The van der Waals surface area contributed by atoms with Crippen LogP contribution in [0.3, 0.4) is 0 Å². The largest absolute Gasteiger partial charge is 0.487 e. The van der Waals surface area contributed by atoms with Gasteiger partial charge < -0.3 is 24.3 Å². The second kappa shape index (κ2) is 9.89. The topological polar surface area (TPSA) is 52.4 Å². The number of hydrogen-bond acceptors (Lipinski definition) is 7. The monoisotopic (exact) mass is 513 g/mol. The molecule has 0 N–H and O–H groups in total. The zero-order valence-electron chi connectivity index (χ0n) is 23.0. The standard InChI is InChI=1S/C30H39N7O/c1-21-10-11-27-24(17-21)23(3)36-14-7-6-9-26(36)25-18-29-31-28(35-12-8-13-35)19-30(37(29)32-25)34(5)16-15-33(4)22(2)20-38-27/h10-11,17-19,26H,2-3,6-9,12-16,20H2,1,4-5H3. The third-order valence-electron chi connectivity index (χ3n) is 8.33. The second-order valence-electron chi connectivity index (χ2n) is 11.0. The second-order valence-corrected chi connectivity index (χ2v) is 11.0. The summed E-state index contributed by atoms with van der Waals surface area (Å²) < 4.78 is 8.40. The summed E-state index contributed by atoms with van der Waals surface area (Å²) >= 11 is 0. The smallest absolute Gasteiger partial charge is 0.160 e. The first-order valence-corrected chi connectivity index (χ1v) is 13.8. The molecule has 2 aromatic heterocycles. The average molecular weight is 514 g/mol. The molecule has 38 heavy (non-hydrogen) atoms. The van der Waals surface area contributed by atoms with Crippen molar-refractivity contribution in [2.45, 2.75) is 38.6 Å². The van der Waals surface area contributed by atoms with Gasteiger partial charge in [-0.2, -0.15) is 9.61 Å². The summed E-state index contributed by atoms with van der Waals surface area (Å²) in [5.41, 5.74) is 6.13. The highest BCUT2D eigenvalue weighted by molar-refractivity contribution is 5.69. The third-order valence-corrected chi connectivity index (χ3v) is 8.33. The number of piperidine rings is 1. The van der Waals surface area contributed by atoms with Crippen molar-refractivity contribution in [3.05, 3.63) is 66.0 Å². The summed E-state index contributed by atoms with van der Waals surface area (Å²) in [6.07, 6.45) is 4.57. The van der Waals surface area contributed by atoms with Crippen LogP contribution >= 0.6 is 0 Å². The van der Waals surface area contributed by atoms with E-state index in [0.717, 1.165) is 91.2 Å². The van der Waals surface area contributed by atoms with Crippen molar-refractivity contribution < 1.29 is 4.74 Å². The summed E-state index contributed by atoms with van der Waals surface area (Å²) in [5.74, 6) is 2.95. The molecule has 200 valence electrons. The van der Waals surface area contributed by atoms with Crippen LogP contribution in [-0.2, 0) is 0 Å². The fraction of sp³-hybridized carbons (Fsp3) is 0.467. The van der Waals surface area contributed by atoms with Gasteiger partial charge in [-0.1, -0.05) is 24.8 Å². The highest BCUT2D eigenvalue weighted by Crippen LogP contribution is 2.39. The van der Waals surface area contributed by atoms with Crippen molar-refractivity contribution in [1.29, 1.82) is 0 Å². The molecule has 8 nitrogen and oxygen atoms in total. The number of fused-ring (bicyclic) bond motifs is 4.